The molecule has 90 valence electrons. The summed E-state index contributed by atoms with van der Waals surface area (Å²) in [5, 5.41) is 11.5. The first-order valence-corrected chi connectivity index (χ1v) is 8.05. The van der Waals surface area contributed by atoms with Crippen LogP contribution in [0.1, 0.15) is 13.8 Å². The highest BCUT2D eigenvalue weighted by Crippen LogP contribution is 2.28. The molecule has 0 aromatic carbocycles. The molecule has 1 aromatic heterocycles. The molecule has 6 heteroatoms. The first kappa shape index (κ1) is 14.0. The van der Waals surface area contributed by atoms with Gasteiger partial charge in [0.25, 0.3) is 0 Å². The van der Waals surface area contributed by atoms with Gasteiger partial charge in [-0.2, -0.15) is 0 Å². The smallest absolute Gasteiger partial charge is 0.175 e. The van der Waals surface area contributed by atoms with Gasteiger partial charge in [0.15, 0.2) is 8.68 Å². The van der Waals surface area contributed by atoms with Gasteiger partial charge in [-0.1, -0.05) is 60.9 Å². The molecule has 1 heterocycles. The Morgan fingerprint density at radius 1 is 1.44 bits per heavy atom. The summed E-state index contributed by atoms with van der Waals surface area (Å²) in [7, 11) is 0. The summed E-state index contributed by atoms with van der Waals surface area (Å²) < 4.78 is 2.04. The molecule has 0 aliphatic carbocycles. The quantitative estimate of drug-likeness (QED) is 0.612. The number of nitrogens with zero attached hydrogens (tertiary/aromatic N) is 2. The normalized spacial score (nSPS) is 11.0. The van der Waals surface area contributed by atoms with Gasteiger partial charge in [0.05, 0.1) is 0 Å². The predicted octanol–water partition coefficient (Wildman–Crippen LogP) is 2.91. The molecule has 3 nitrogen and oxygen atoms in total. The van der Waals surface area contributed by atoms with Crippen molar-refractivity contribution in [3.05, 3.63) is 12.2 Å². The van der Waals surface area contributed by atoms with Gasteiger partial charge >= 0.3 is 0 Å². The minimum atomic E-state index is 0.506. The van der Waals surface area contributed by atoms with Crippen molar-refractivity contribution in [1.82, 2.24) is 15.5 Å². The third-order valence-corrected chi connectivity index (χ3v) is 4.90. The van der Waals surface area contributed by atoms with Crippen LogP contribution in [0.3, 0.4) is 0 Å². The van der Waals surface area contributed by atoms with Crippen LogP contribution in [0.5, 0.6) is 0 Å². The van der Waals surface area contributed by atoms with E-state index in [1.165, 1.54) is 5.57 Å². The van der Waals surface area contributed by atoms with E-state index >= 15 is 0 Å². The summed E-state index contributed by atoms with van der Waals surface area (Å²) in [5.74, 6) is 0.905. The van der Waals surface area contributed by atoms with Crippen LogP contribution in [0.15, 0.2) is 20.8 Å². The molecule has 1 rings (SSSR count). The van der Waals surface area contributed by atoms with Crippen molar-refractivity contribution in [3.63, 3.8) is 0 Å². The maximum atomic E-state index is 4.10. The van der Waals surface area contributed by atoms with Crippen LogP contribution in [-0.2, 0) is 0 Å². The molecule has 0 bridgehead atoms. The molecule has 0 amide bonds. The standard InChI is InChI=1S/C10H17N3S3/c1-7(2)11-5-8(3)6-15-10-13-12-9(14-4)16-10/h7,11H,3,5-6H2,1-2,4H3. The third-order valence-electron chi connectivity index (χ3n) is 1.72. The summed E-state index contributed by atoms with van der Waals surface area (Å²) in [6, 6.07) is 0.506. The highest BCUT2D eigenvalue weighted by Gasteiger charge is 2.04. The lowest BCUT2D eigenvalue weighted by Gasteiger charge is -2.09. The zero-order valence-electron chi connectivity index (χ0n) is 9.82. The van der Waals surface area contributed by atoms with E-state index in [0.29, 0.717) is 6.04 Å². The van der Waals surface area contributed by atoms with E-state index in [-0.39, 0.29) is 0 Å². The minimum absolute atomic E-state index is 0.506. The van der Waals surface area contributed by atoms with Gasteiger partial charge in [-0.05, 0) is 6.26 Å². The summed E-state index contributed by atoms with van der Waals surface area (Å²) in [6.45, 7) is 9.18. The molecule has 0 unspecified atom stereocenters. The van der Waals surface area contributed by atoms with Crippen LogP contribution < -0.4 is 5.32 Å². The van der Waals surface area contributed by atoms with Crippen LogP contribution in [0, 0.1) is 0 Å². The molecule has 0 aliphatic rings. The number of thioether (sulfide) groups is 2. The Balaban J connectivity index is 2.26. The SMILES string of the molecule is C=C(CNC(C)C)CSc1nnc(SC)s1. The molecule has 1 aromatic rings. The van der Waals surface area contributed by atoms with Gasteiger partial charge in [-0.3, -0.25) is 0 Å². The van der Waals surface area contributed by atoms with Crippen molar-refractivity contribution < 1.29 is 0 Å². The van der Waals surface area contributed by atoms with Crippen molar-refractivity contribution in [3.8, 4) is 0 Å². The number of hydrogen-bond acceptors (Lipinski definition) is 6. The van der Waals surface area contributed by atoms with E-state index in [4.69, 9.17) is 0 Å². The summed E-state index contributed by atoms with van der Waals surface area (Å²) in [4.78, 5) is 0. The zero-order chi connectivity index (χ0) is 12.0. The highest BCUT2D eigenvalue weighted by atomic mass is 32.2. The fourth-order valence-corrected chi connectivity index (χ4v) is 3.24. The molecule has 1 N–H and O–H groups in total. The van der Waals surface area contributed by atoms with Gasteiger partial charge < -0.3 is 5.32 Å². The van der Waals surface area contributed by atoms with Gasteiger partial charge in [0.2, 0.25) is 0 Å². The zero-order valence-corrected chi connectivity index (χ0v) is 12.3. The van der Waals surface area contributed by atoms with E-state index in [0.717, 1.165) is 21.0 Å². The van der Waals surface area contributed by atoms with E-state index in [1.807, 2.05) is 6.26 Å². The number of rotatable bonds is 7. The van der Waals surface area contributed by atoms with Crippen LogP contribution in [0.25, 0.3) is 0 Å². The van der Waals surface area contributed by atoms with E-state index in [1.54, 1.807) is 34.9 Å². The second-order valence-electron chi connectivity index (χ2n) is 3.61. The number of hydrogen-bond donors (Lipinski definition) is 1. The van der Waals surface area contributed by atoms with Crippen LogP contribution in [0.4, 0.5) is 0 Å². The van der Waals surface area contributed by atoms with Gasteiger partial charge in [-0.15, -0.1) is 10.2 Å². The minimum Gasteiger partial charge on any atom is -0.311 e. The van der Waals surface area contributed by atoms with Crippen LogP contribution in [0.2, 0.25) is 0 Å². The monoisotopic (exact) mass is 275 g/mol. The molecule has 0 aliphatic heterocycles. The second kappa shape index (κ2) is 7.32. The Hall–Kier alpha value is -0.0400. The Morgan fingerprint density at radius 3 is 2.69 bits per heavy atom. The molecule has 16 heavy (non-hydrogen) atoms. The first-order valence-electron chi connectivity index (χ1n) is 5.02. The van der Waals surface area contributed by atoms with Crippen molar-refractivity contribution in [2.24, 2.45) is 0 Å². The Kier molecular flexibility index (Phi) is 6.41. The largest absolute Gasteiger partial charge is 0.311 e. The lowest BCUT2D eigenvalue weighted by molar-refractivity contribution is 0.623. The molecule has 0 spiro atoms. The lowest BCUT2D eigenvalue weighted by Crippen LogP contribution is -2.25. The summed E-state index contributed by atoms with van der Waals surface area (Å²) >= 11 is 4.98. The van der Waals surface area contributed by atoms with E-state index < -0.39 is 0 Å². The molecule has 0 radical (unpaired) electrons. The third kappa shape index (κ3) is 5.34. The molecular formula is C10H17N3S3. The summed E-state index contributed by atoms with van der Waals surface area (Å²) in [5.41, 5.74) is 1.19. The number of aromatic nitrogens is 2. The predicted molar refractivity (Wildman–Crippen MR) is 74.7 cm³/mol. The Morgan fingerprint density at radius 2 is 2.12 bits per heavy atom. The molecular weight excluding hydrogens is 258 g/mol. The fourth-order valence-electron chi connectivity index (χ4n) is 0.901. The maximum Gasteiger partial charge on any atom is 0.175 e. The Labute approximate surface area is 110 Å². The Bertz CT molecular complexity index is 336. The molecule has 0 fully saturated rings. The fraction of sp³-hybridized carbons (Fsp3) is 0.600. The maximum absolute atomic E-state index is 4.10. The van der Waals surface area contributed by atoms with E-state index in [9.17, 15) is 0 Å². The van der Waals surface area contributed by atoms with E-state index in [2.05, 4.69) is 35.9 Å². The first-order chi connectivity index (χ1) is 7.61. The average Bonchev–Trinajstić information content (AvgIpc) is 2.71. The lowest BCUT2D eigenvalue weighted by atomic mass is 10.3. The molecule has 0 saturated carbocycles. The van der Waals surface area contributed by atoms with Gasteiger partial charge in [0, 0.05) is 18.3 Å². The van der Waals surface area contributed by atoms with Gasteiger partial charge in [0.1, 0.15) is 0 Å². The van der Waals surface area contributed by atoms with Crippen molar-refractivity contribution in [1.29, 1.82) is 0 Å². The van der Waals surface area contributed by atoms with Crippen LogP contribution >= 0.6 is 34.9 Å². The van der Waals surface area contributed by atoms with Crippen LogP contribution in [-0.4, -0.2) is 34.8 Å². The highest BCUT2D eigenvalue weighted by molar-refractivity contribution is 8.03. The van der Waals surface area contributed by atoms with Crippen molar-refractivity contribution in [2.75, 3.05) is 18.6 Å². The summed E-state index contributed by atoms with van der Waals surface area (Å²) in [6.07, 6.45) is 2.01. The van der Waals surface area contributed by atoms with Crippen molar-refractivity contribution in [2.45, 2.75) is 28.6 Å². The topological polar surface area (TPSA) is 37.8 Å². The molecule has 0 atom stereocenters. The number of nitrogens with one attached hydrogen (secondary N) is 1. The second-order valence-corrected chi connectivity index (χ2v) is 6.87. The van der Waals surface area contributed by atoms with Crippen molar-refractivity contribution >= 4 is 34.9 Å². The molecule has 0 saturated heterocycles. The van der Waals surface area contributed by atoms with Gasteiger partial charge in [-0.25, -0.2) is 0 Å². The average molecular weight is 275 g/mol.